The Kier molecular flexibility index (Phi) is 3.97. The standard InChI is InChI=1S/C15H26ClN/c16-15-3-1-2-12(8-15)9-17-10-14-7-11-4-5-13(14)6-11/h11-15,17H,1-10H2. The van der Waals surface area contributed by atoms with Gasteiger partial charge in [-0.2, -0.15) is 0 Å². The molecule has 3 aliphatic rings. The van der Waals surface area contributed by atoms with Crippen molar-refractivity contribution in [3.63, 3.8) is 0 Å². The molecule has 0 aromatic rings. The van der Waals surface area contributed by atoms with Gasteiger partial charge in [0.2, 0.25) is 0 Å². The maximum absolute atomic E-state index is 6.24. The van der Waals surface area contributed by atoms with Gasteiger partial charge in [-0.25, -0.2) is 0 Å². The molecule has 0 amide bonds. The van der Waals surface area contributed by atoms with Crippen molar-refractivity contribution >= 4 is 11.6 Å². The van der Waals surface area contributed by atoms with E-state index in [0.29, 0.717) is 5.38 Å². The van der Waals surface area contributed by atoms with E-state index in [1.807, 2.05) is 0 Å². The number of fused-ring (bicyclic) bond motifs is 2. The molecule has 5 unspecified atom stereocenters. The van der Waals surface area contributed by atoms with E-state index in [1.165, 1.54) is 58.0 Å². The van der Waals surface area contributed by atoms with Crippen LogP contribution >= 0.6 is 11.6 Å². The Morgan fingerprint density at radius 2 is 1.88 bits per heavy atom. The van der Waals surface area contributed by atoms with E-state index in [2.05, 4.69) is 5.32 Å². The van der Waals surface area contributed by atoms with E-state index in [0.717, 1.165) is 23.7 Å². The largest absolute Gasteiger partial charge is 0.316 e. The number of halogens is 1. The first-order valence-corrected chi connectivity index (χ1v) is 8.09. The van der Waals surface area contributed by atoms with Crippen molar-refractivity contribution in [3.05, 3.63) is 0 Å². The highest BCUT2D eigenvalue weighted by molar-refractivity contribution is 6.20. The Morgan fingerprint density at radius 1 is 0.941 bits per heavy atom. The van der Waals surface area contributed by atoms with Gasteiger partial charge in [0.1, 0.15) is 0 Å². The van der Waals surface area contributed by atoms with E-state index < -0.39 is 0 Å². The molecule has 17 heavy (non-hydrogen) atoms. The Morgan fingerprint density at radius 3 is 2.59 bits per heavy atom. The molecule has 0 saturated heterocycles. The summed E-state index contributed by atoms with van der Waals surface area (Å²) in [6.07, 6.45) is 11.3. The first-order valence-electron chi connectivity index (χ1n) is 7.66. The summed E-state index contributed by atoms with van der Waals surface area (Å²) >= 11 is 6.24. The Labute approximate surface area is 111 Å². The summed E-state index contributed by atoms with van der Waals surface area (Å²) in [6, 6.07) is 0. The highest BCUT2D eigenvalue weighted by Gasteiger charge is 2.38. The molecule has 3 rings (SSSR count). The van der Waals surface area contributed by atoms with Crippen molar-refractivity contribution in [1.82, 2.24) is 5.32 Å². The van der Waals surface area contributed by atoms with Gasteiger partial charge in [0.25, 0.3) is 0 Å². The zero-order valence-corrected chi connectivity index (χ0v) is 11.6. The van der Waals surface area contributed by atoms with E-state index in [9.17, 15) is 0 Å². The first kappa shape index (κ1) is 12.3. The highest BCUT2D eigenvalue weighted by Crippen LogP contribution is 2.47. The van der Waals surface area contributed by atoms with Gasteiger partial charge >= 0.3 is 0 Å². The second kappa shape index (κ2) is 5.48. The lowest BCUT2D eigenvalue weighted by Gasteiger charge is -2.27. The van der Waals surface area contributed by atoms with E-state index >= 15 is 0 Å². The number of hydrogen-bond donors (Lipinski definition) is 1. The van der Waals surface area contributed by atoms with Gasteiger partial charge in [-0.1, -0.05) is 12.8 Å². The lowest BCUT2D eigenvalue weighted by molar-refractivity contribution is 0.293. The van der Waals surface area contributed by atoms with Crippen molar-refractivity contribution in [3.8, 4) is 0 Å². The van der Waals surface area contributed by atoms with Crippen LogP contribution in [0.3, 0.4) is 0 Å². The van der Waals surface area contributed by atoms with E-state index in [1.54, 1.807) is 6.42 Å². The fourth-order valence-corrected chi connectivity index (χ4v) is 4.92. The SMILES string of the molecule is ClC1CCCC(CNCC2CC3CCC2C3)C1. The number of hydrogen-bond acceptors (Lipinski definition) is 1. The fourth-order valence-electron chi connectivity index (χ4n) is 4.51. The van der Waals surface area contributed by atoms with Gasteiger partial charge < -0.3 is 5.32 Å². The maximum atomic E-state index is 6.24. The lowest BCUT2D eigenvalue weighted by Crippen LogP contribution is -2.32. The number of alkyl halides is 1. The van der Waals surface area contributed by atoms with Crippen molar-refractivity contribution in [2.45, 2.75) is 56.7 Å². The zero-order valence-electron chi connectivity index (χ0n) is 10.8. The van der Waals surface area contributed by atoms with E-state index in [-0.39, 0.29) is 0 Å². The van der Waals surface area contributed by atoms with Gasteiger partial charge in [-0.05, 0) is 75.3 Å². The molecular weight excluding hydrogens is 230 g/mol. The van der Waals surface area contributed by atoms with Gasteiger partial charge in [-0.3, -0.25) is 0 Å². The van der Waals surface area contributed by atoms with Gasteiger partial charge in [-0.15, -0.1) is 11.6 Å². The molecule has 1 N–H and O–H groups in total. The summed E-state index contributed by atoms with van der Waals surface area (Å²) in [5.74, 6) is 4.02. The molecule has 0 radical (unpaired) electrons. The van der Waals surface area contributed by atoms with Gasteiger partial charge in [0.05, 0.1) is 0 Å². The molecule has 1 nitrogen and oxygen atoms in total. The van der Waals surface area contributed by atoms with Crippen LogP contribution in [0.2, 0.25) is 0 Å². The second-order valence-electron chi connectivity index (χ2n) is 6.72. The normalized spacial score (nSPS) is 45.4. The smallest absolute Gasteiger partial charge is 0.0339 e. The average molecular weight is 256 g/mol. The van der Waals surface area contributed by atoms with Crippen LogP contribution < -0.4 is 5.32 Å². The third-order valence-electron chi connectivity index (χ3n) is 5.44. The van der Waals surface area contributed by atoms with Crippen LogP contribution in [-0.4, -0.2) is 18.5 Å². The summed E-state index contributed by atoms with van der Waals surface area (Å²) in [5, 5.41) is 4.20. The lowest BCUT2D eigenvalue weighted by atomic mass is 9.87. The molecule has 0 heterocycles. The Balaban J connectivity index is 1.35. The first-order chi connectivity index (χ1) is 8.31. The Bertz CT molecular complexity index is 255. The average Bonchev–Trinajstić information content (AvgIpc) is 2.91. The van der Waals surface area contributed by atoms with Crippen LogP contribution in [0.4, 0.5) is 0 Å². The molecule has 0 aromatic heterocycles. The molecule has 98 valence electrons. The molecule has 2 bridgehead atoms. The summed E-state index contributed by atoms with van der Waals surface area (Å²) in [6.45, 7) is 2.50. The van der Waals surface area contributed by atoms with Crippen LogP contribution in [0.5, 0.6) is 0 Å². The molecule has 2 heteroatoms. The van der Waals surface area contributed by atoms with Gasteiger partial charge in [0, 0.05) is 5.38 Å². The van der Waals surface area contributed by atoms with Crippen molar-refractivity contribution in [2.24, 2.45) is 23.7 Å². The van der Waals surface area contributed by atoms with Crippen molar-refractivity contribution in [2.75, 3.05) is 13.1 Å². The van der Waals surface area contributed by atoms with Crippen LogP contribution in [0.1, 0.15) is 51.4 Å². The molecule has 0 aromatic carbocycles. The topological polar surface area (TPSA) is 12.0 Å². The molecule has 5 atom stereocenters. The second-order valence-corrected chi connectivity index (χ2v) is 7.34. The summed E-state index contributed by atoms with van der Waals surface area (Å²) in [4.78, 5) is 0. The third kappa shape index (κ3) is 2.98. The minimum absolute atomic E-state index is 0.457. The molecule has 3 fully saturated rings. The predicted octanol–water partition coefficient (Wildman–Crippen LogP) is 3.81. The molecule has 3 aliphatic carbocycles. The fraction of sp³-hybridized carbons (Fsp3) is 1.00. The van der Waals surface area contributed by atoms with Crippen LogP contribution in [0.25, 0.3) is 0 Å². The highest BCUT2D eigenvalue weighted by atomic mass is 35.5. The monoisotopic (exact) mass is 255 g/mol. The molecule has 0 aliphatic heterocycles. The van der Waals surface area contributed by atoms with Gasteiger partial charge in [0.15, 0.2) is 0 Å². The minimum Gasteiger partial charge on any atom is -0.316 e. The quantitative estimate of drug-likeness (QED) is 0.754. The molecule has 3 saturated carbocycles. The minimum atomic E-state index is 0.457. The number of nitrogens with one attached hydrogen (secondary N) is 1. The summed E-state index contributed by atoms with van der Waals surface area (Å²) < 4.78 is 0. The molecular formula is C15H26ClN. The summed E-state index contributed by atoms with van der Waals surface area (Å²) in [7, 11) is 0. The Hall–Kier alpha value is 0.250. The van der Waals surface area contributed by atoms with Crippen molar-refractivity contribution < 1.29 is 0 Å². The van der Waals surface area contributed by atoms with Crippen LogP contribution in [0, 0.1) is 23.7 Å². The zero-order chi connectivity index (χ0) is 11.7. The van der Waals surface area contributed by atoms with Crippen molar-refractivity contribution in [1.29, 1.82) is 0 Å². The predicted molar refractivity (Wildman–Crippen MR) is 73.4 cm³/mol. The van der Waals surface area contributed by atoms with Crippen LogP contribution in [0.15, 0.2) is 0 Å². The number of rotatable bonds is 4. The molecule has 0 spiro atoms. The van der Waals surface area contributed by atoms with E-state index in [4.69, 9.17) is 11.6 Å². The van der Waals surface area contributed by atoms with Crippen LogP contribution in [-0.2, 0) is 0 Å². The summed E-state index contributed by atoms with van der Waals surface area (Å²) in [5.41, 5.74) is 0. The third-order valence-corrected chi connectivity index (χ3v) is 5.84. The maximum Gasteiger partial charge on any atom is 0.0339 e.